The molecule has 0 saturated carbocycles. The van der Waals surface area contributed by atoms with Crippen LogP contribution in [0.4, 0.5) is 5.13 Å². The van der Waals surface area contributed by atoms with Crippen LogP contribution in [0, 0.1) is 0 Å². The lowest BCUT2D eigenvalue weighted by molar-refractivity contribution is 0.102. The first kappa shape index (κ1) is 16.8. The first-order chi connectivity index (χ1) is 12.7. The van der Waals surface area contributed by atoms with Crippen molar-refractivity contribution in [2.75, 3.05) is 11.6 Å². The third kappa shape index (κ3) is 3.49. The number of nitrogens with one attached hydrogen (secondary N) is 1. The van der Waals surface area contributed by atoms with E-state index in [4.69, 9.17) is 0 Å². The number of nitrogens with zero attached hydrogens (tertiary/aromatic N) is 1. The summed E-state index contributed by atoms with van der Waals surface area (Å²) in [5, 5.41) is 3.53. The summed E-state index contributed by atoms with van der Waals surface area (Å²) in [5.41, 5.74) is 3.75. The Bertz CT molecular complexity index is 1060. The van der Waals surface area contributed by atoms with Crippen LogP contribution in [-0.2, 0) is 0 Å². The number of fused-ring (bicyclic) bond motifs is 1. The maximum atomic E-state index is 12.5. The Labute approximate surface area is 160 Å². The average molecular weight is 377 g/mol. The fraction of sp³-hybridized carbons (Fsp3) is 0.0476. The maximum absolute atomic E-state index is 12.5. The second-order valence-corrected chi connectivity index (χ2v) is 7.66. The van der Waals surface area contributed by atoms with E-state index in [0.29, 0.717) is 10.7 Å². The Balaban J connectivity index is 1.53. The van der Waals surface area contributed by atoms with E-state index in [1.54, 1.807) is 11.8 Å². The largest absolute Gasteiger partial charge is 0.298 e. The van der Waals surface area contributed by atoms with Gasteiger partial charge in [-0.25, -0.2) is 4.98 Å². The first-order valence-electron chi connectivity index (χ1n) is 8.14. The van der Waals surface area contributed by atoms with Gasteiger partial charge < -0.3 is 0 Å². The Morgan fingerprint density at radius 1 is 0.962 bits per heavy atom. The third-order valence-corrected chi connectivity index (χ3v) is 5.73. The third-order valence-electron chi connectivity index (χ3n) is 4.07. The normalized spacial score (nSPS) is 10.8. The molecule has 3 aromatic carbocycles. The van der Waals surface area contributed by atoms with E-state index in [2.05, 4.69) is 28.5 Å². The molecule has 1 heterocycles. The van der Waals surface area contributed by atoms with Gasteiger partial charge in [-0.1, -0.05) is 53.8 Å². The Morgan fingerprint density at radius 2 is 1.69 bits per heavy atom. The number of rotatable bonds is 4. The molecule has 128 valence electrons. The molecule has 26 heavy (non-hydrogen) atoms. The second-order valence-electron chi connectivity index (χ2n) is 5.75. The zero-order chi connectivity index (χ0) is 17.9. The molecule has 4 rings (SSSR count). The van der Waals surface area contributed by atoms with Crippen LogP contribution in [0.3, 0.4) is 0 Å². The molecule has 1 amide bonds. The molecule has 0 unspecified atom stereocenters. The topological polar surface area (TPSA) is 42.0 Å². The van der Waals surface area contributed by atoms with Crippen molar-refractivity contribution in [1.82, 2.24) is 4.98 Å². The van der Waals surface area contributed by atoms with Crippen molar-refractivity contribution < 1.29 is 4.79 Å². The number of amides is 1. The standard InChI is InChI=1S/C21H16N2OS2/c1-25-17-11-12-18-19(13-17)26-21(22-18)23-20(24)16-9-7-15(8-10-16)14-5-3-2-4-6-14/h2-13H,1H3,(H,22,23,24). The minimum Gasteiger partial charge on any atom is -0.298 e. The quantitative estimate of drug-likeness (QED) is 0.448. The van der Waals surface area contributed by atoms with Crippen LogP contribution in [0.1, 0.15) is 10.4 Å². The summed E-state index contributed by atoms with van der Waals surface area (Å²) >= 11 is 3.19. The number of hydrogen-bond acceptors (Lipinski definition) is 4. The molecular weight excluding hydrogens is 360 g/mol. The highest BCUT2D eigenvalue weighted by Crippen LogP contribution is 2.29. The summed E-state index contributed by atoms with van der Waals surface area (Å²) in [4.78, 5) is 18.2. The van der Waals surface area contributed by atoms with Gasteiger partial charge in [0, 0.05) is 10.5 Å². The zero-order valence-electron chi connectivity index (χ0n) is 14.1. The van der Waals surface area contributed by atoms with Crippen LogP contribution in [-0.4, -0.2) is 17.1 Å². The van der Waals surface area contributed by atoms with E-state index in [-0.39, 0.29) is 5.91 Å². The van der Waals surface area contributed by atoms with Gasteiger partial charge in [0.05, 0.1) is 10.2 Å². The van der Waals surface area contributed by atoms with Crippen LogP contribution < -0.4 is 5.32 Å². The predicted molar refractivity (Wildman–Crippen MR) is 111 cm³/mol. The minimum absolute atomic E-state index is 0.145. The summed E-state index contributed by atoms with van der Waals surface area (Å²) in [6, 6.07) is 23.9. The van der Waals surface area contributed by atoms with Crippen LogP contribution in [0.5, 0.6) is 0 Å². The van der Waals surface area contributed by atoms with Gasteiger partial charge >= 0.3 is 0 Å². The highest BCUT2D eigenvalue weighted by molar-refractivity contribution is 7.98. The molecule has 0 bridgehead atoms. The van der Waals surface area contributed by atoms with Gasteiger partial charge in [-0.2, -0.15) is 0 Å². The van der Waals surface area contributed by atoms with Crippen molar-refractivity contribution >= 4 is 44.4 Å². The molecule has 1 aromatic heterocycles. The van der Waals surface area contributed by atoms with Gasteiger partial charge in [0.2, 0.25) is 0 Å². The van der Waals surface area contributed by atoms with Gasteiger partial charge in [-0.3, -0.25) is 10.1 Å². The molecule has 0 spiro atoms. The van der Waals surface area contributed by atoms with Crippen LogP contribution in [0.2, 0.25) is 0 Å². The van der Waals surface area contributed by atoms with Gasteiger partial charge in [0.15, 0.2) is 5.13 Å². The number of aromatic nitrogens is 1. The molecular formula is C21H16N2OS2. The molecule has 0 aliphatic heterocycles. The summed E-state index contributed by atoms with van der Waals surface area (Å²) in [6.45, 7) is 0. The van der Waals surface area contributed by atoms with Gasteiger partial charge in [-0.05, 0) is 47.7 Å². The number of anilines is 1. The lowest BCUT2D eigenvalue weighted by Gasteiger charge is -2.04. The fourth-order valence-corrected chi connectivity index (χ4v) is 4.11. The SMILES string of the molecule is CSc1ccc2nc(NC(=O)c3ccc(-c4ccccc4)cc3)sc2c1. The molecule has 0 atom stereocenters. The highest BCUT2D eigenvalue weighted by Gasteiger charge is 2.10. The van der Waals surface area contributed by atoms with Crippen LogP contribution >= 0.6 is 23.1 Å². The number of carbonyl (C=O) groups excluding carboxylic acids is 1. The van der Waals surface area contributed by atoms with Crippen molar-refractivity contribution in [3.8, 4) is 11.1 Å². The van der Waals surface area contributed by atoms with Crippen molar-refractivity contribution in [3.63, 3.8) is 0 Å². The van der Waals surface area contributed by atoms with Crippen molar-refractivity contribution in [2.24, 2.45) is 0 Å². The predicted octanol–water partition coefficient (Wildman–Crippen LogP) is 5.94. The monoisotopic (exact) mass is 376 g/mol. The number of thiazole rings is 1. The van der Waals surface area contributed by atoms with E-state index >= 15 is 0 Å². The molecule has 0 radical (unpaired) electrons. The van der Waals surface area contributed by atoms with Crippen molar-refractivity contribution in [1.29, 1.82) is 0 Å². The van der Waals surface area contributed by atoms with Crippen LogP contribution in [0.15, 0.2) is 77.7 Å². The van der Waals surface area contributed by atoms with E-state index < -0.39 is 0 Å². The second kappa shape index (κ2) is 7.32. The number of benzene rings is 3. The van der Waals surface area contributed by atoms with Gasteiger partial charge in [0.1, 0.15) is 0 Å². The van der Waals surface area contributed by atoms with E-state index in [9.17, 15) is 4.79 Å². The molecule has 5 heteroatoms. The number of thioether (sulfide) groups is 1. The summed E-state index contributed by atoms with van der Waals surface area (Å²) < 4.78 is 1.08. The molecule has 0 aliphatic rings. The van der Waals surface area contributed by atoms with Crippen molar-refractivity contribution in [3.05, 3.63) is 78.4 Å². The zero-order valence-corrected chi connectivity index (χ0v) is 15.7. The number of carbonyl (C=O) groups is 1. The average Bonchev–Trinajstić information content (AvgIpc) is 3.10. The number of hydrogen-bond donors (Lipinski definition) is 1. The minimum atomic E-state index is -0.145. The maximum Gasteiger partial charge on any atom is 0.257 e. The molecule has 0 aliphatic carbocycles. The van der Waals surface area contributed by atoms with Gasteiger partial charge in [0.25, 0.3) is 5.91 Å². The summed E-state index contributed by atoms with van der Waals surface area (Å²) in [6.07, 6.45) is 2.05. The highest BCUT2D eigenvalue weighted by atomic mass is 32.2. The van der Waals surface area contributed by atoms with E-state index in [1.165, 1.54) is 16.2 Å². The Morgan fingerprint density at radius 3 is 2.42 bits per heavy atom. The lowest BCUT2D eigenvalue weighted by atomic mass is 10.0. The lowest BCUT2D eigenvalue weighted by Crippen LogP contribution is -2.11. The van der Waals surface area contributed by atoms with E-state index in [0.717, 1.165) is 21.3 Å². The van der Waals surface area contributed by atoms with Crippen molar-refractivity contribution in [2.45, 2.75) is 4.90 Å². The molecule has 1 N–H and O–H groups in total. The molecule has 0 fully saturated rings. The molecule has 4 aromatic rings. The smallest absolute Gasteiger partial charge is 0.257 e. The first-order valence-corrected chi connectivity index (χ1v) is 10.2. The van der Waals surface area contributed by atoms with Crippen LogP contribution in [0.25, 0.3) is 21.3 Å². The fourth-order valence-electron chi connectivity index (χ4n) is 2.70. The van der Waals surface area contributed by atoms with Gasteiger partial charge in [-0.15, -0.1) is 11.8 Å². The molecule has 3 nitrogen and oxygen atoms in total. The summed E-state index contributed by atoms with van der Waals surface area (Å²) in [7, 11) is 0. The Hall–Kier alpha value is -2.63. The Kier molecular flexibility index (Phi) is 4.73. The van der Waals surface area contributed by atoms with E-state index in [1.807, 2.05) is 60.9 Å². The summed E-state index contributed by atoms with van der Waals surface area (Å²) in [5.74, 6) is -0.145. The molecule has 0 saturated heterocycles.